The van der Waals surface area contributed by atoms with Crippen molar-refractivity contribution < 1.29 is 41.9 Å². The van der Waals surface area contributed by atoms with Gasteiger partial charge in [-0.1, -0.05) is 12.1 Å². The Kier molecular flexibility index (Phi) is 6.98. The Labute approximate surface area is 226 Å². The molecule has 2 saturated heterocycles. The number of carbonyl (C=O) groups excluding carboxylic acids is 5. The lowest BCUT2D eigenvalue weighted by atomic mass is 10.0. The van der Waals surface area contributed by atoms with Crippen LogP contribution in [0, 0.1) is 0 Å². The molecule has 0 bridgehead atoms. The number of anilines is 1. The Morgan fingerprint density at radius 1 is 0.975 bits per heavy atom. The van der Waals surface area contributed by atoms with Gasteiger partial charge in [0.15, 0.2) is 0 Å². The van der Waals surface area contributed by atoms with Gasteiger partial charge in [-0.25, -0.2) is 0 Å². The number of halogens is 3. The van der Waals surface area contributed by atoms with Gasteiger partial charge in [-0.3, -0.25) is 34.2 Å². The number of benzene rings is 2. The van der Waals surface area contributed by atoms with Crippen molar-refractivity contribution in [3.63, 3.8) is 0 Å². The van der Waals surface area contributed by atoms with Crippen LogP contribution in [0.3, 0.4) is 0 Å². The topological polar surface area (TPSA) is 116 Å². The van der Waals surface area contributed by atoms with Crippen LogP contribution in [0.2, 0.25) is 0 Å². The molecule has 2 fully saturated rings. The first-order valence-electron chi connectivity index (χ1n) is 12.7. The molecule has 1 N–H and O–H groups in total. The highest BCUT2D eigenvalue weighted by atomic mass is 19.4. The predicted molar refractivity (Wildman–Crippen MR) is 134 cm³/mol. The summed E-state index contributed by atoms with van der Waals surface area (Å²) in [5.41, 5.74) is 0.842. The van der Waals surface area contributed by atoms with Crippen molar-refractivity contribution in [2.24, 2.45) is 0 Å². The Morgan fingerprint density at radius 3 is 2.33 bits per heavy atom. The molecule has 210 valence electrons. The van der Waals surface area contributed by atoms with Crippen LogP contribution in [0.4, 0.5) is 18.9 Å². The molecule has 3 heterocycles. The Morgan fingerprint density at radius 2 is 1.65 bits per heavy atom. The molecule has 0 radical (unpaired) electrons. The van der Waals surface area contributed by atoms with Gasteiger partial charge in [-0.05, 0) is 49.6 Å². The standard InChI is InChI=1S/C27H25F3N4O6/c1-32(24(37)18-4-2-3-5-21(18)40-27(28,29)30)15-10-12-33(13-11-15)16-6-7-17-19(14-16)26(39)34(25(17)38)20-8-9-22(35)31-23(20)36/h2-7,14-15,20H,8-13H2,1H3,(H,31,35,36). The summed E-state index contributed by atoms with van der Waals surface area (Å²) in [6, 6.07) is 8.75. The molecular formula is C27H25F3N4O6. The zero-order chi connectivity index (χ0) is 28.8. The van der Waals surface area contributed by atoms with Gasteiger partial charge in [0.25, 0.3) is 17.7 Å². The van der Waals surface area contributed by atoms with E-state index >= 15 is 0 Å². The van der Waals surface area contributed by atoms with Crippen molar-refractivity contribution in [3.8, 4) is 5.75 Å². The van der Waals surface area contributed by atoms with Crippen LogP contribution < -0.4 is 15.0 Å². The van der Waals surface area contributed by atoms with Gasteiger partial charge >= 0.3 is 6.36 Å². The number of hydrogen-bond donors (Lipinski definition) is 1. The van der Waals surface area contributed by atoms with E-state index in [0.717, 1.165) is 11.0 Å². The third-order valence-electron chi connectivity index (χ3n) is 7.46. The lowest BCUT2D eigenvalue weighted by Crippen LogP contribution is -2.54. The van der Waals surface area contributed by atoms with Crippen molar-refractivity contribution >= 4 is 35.2 Å². The fourth-order valence-corrected chi connectivity index (χ4v) is 5.38. The van der Waals surface area contributed by atoms with Crippen LogP contribution >= 0.6 is 0 Å². The second-order valence-electron chi connectivity index (χ2n) is 9.86. The van der Waals surface area contributed by atoms with Crippen LogP contribution in [0.25, 0.3) is 0 Å². The minimum absolute atomic E-state index is 0.0297. The molecule has 10 nitrogen and oxygen atoms in total. The molecule has 5 rings (SSSR count). The van der Waals surface area contributed by atoms with Gasteiger partial charge < -0.3 is 14.5 Å². The summed E-state index contributed by atoms with van der Waals surface area (Å²) in [6.07, 6.45) is -3.81. The van der Waals surface area contributed by atoms with Crippen LogP contribution in [0.1, 0.15) is 56.8 Å². The van der Waals surface area contributed by atoms with Crippen LogP contribution in [0.15, 0.2) is 42.5 Å². The fraction of sp³-hybridized carbons (Fsp3) is 0.370. The van der Waals surface area contributed by atoms with E-state index in [2.05, 4.69) is 10.1 Å². The van der Waals surface area contributed by atoms with E-state index in [1.54, 1.807) is 12.1 Å². The number of nitrogens with zero attached hydrogens (tertiary/aromatic N) is 3. The monoisotopic (exact) mass is 558 g/mol. The third-order valence-corrected chi connectivity index (χ3v) is 7.46. The minimum atomic E-state index is -4.93. The summed E-state index contributed by atoms with van der Waals surface area (Å²) in [5.74, 6) is -3.47. The fourth-order valence-electron chi connectivity index (χ4n) is 5.38. The molecule has 1 atom stereocenters. The molecule has 3 aliphatic rings. The largest absolute Gasteiger partial charge is 0.573 e. The van der Waals surface area contributed by atoms with Crippen LogP contribution in [0.5, 0.6) is 5.75 Å². The van der Waals surface area contributed by atoms with Crippen LogP contribution in [-0.2, 0) is 9.59 Å². The lowest BCUT2D eigenvalue weighted by Gasteiger charge is -2.38. The first kappa shape index (κ1) is 27.2. The van der Waals surface area contributed by atoms with Gasteiger partial charge in [0.1, 0.15) is 11.8 Å². The molecule has 40 heavy (non-hydrogen) atoms. The van der Waals surface area contributed by atoms with Crippen molar-refractivity contribution in [3.05, 3.63) is 59.2 Å². The van der Waals surface area contributed by atoms with Crippen molar-refractivity contribution in [2.45, 2.75) is 44.1 Å². The maximum atomic E-state index is 13.1. The van der Waals surface area contributed by atoms with E-state index in [1.807, 2.05) is 4.90 Å². The second kappa shape index (κ2) is 10.3. The summed E-state index contributed by atoms with van der Waals surface area (Å²) in [6.45, 7) is 0.974. The van der Waals surface area contributed by atoms with Crippen LogP contribution in [-0.4, -0.2) is 77.9 Å². The summed E-state index contributed by atoms with van der Waals surface area (Å²) in [7, 11) is 1.54. The maximum absolute atomic E-state index is 13.1. The van der Waals surface area contributed by atoms with Crippen molar-refractivity contribution in [1.82, 2.24) is 15.1 Å². The van der Waals surface area contributed by atoms with Crippen molar-refractivity contribution in [2.75, 3.05) is 25.0 Å². The molecule has 0 aromatic heterocycles. The highest BCUT2D eigenvalue weighted by Gasteiger charge is 2.45. The molecule has 2 aromatic rings. The van der Waals surface area contributed by atoms with E-state index in [1.165, 1.54) is 36.2 Å². The van der Waals surface area contributed by atoms with E-state index in [4.69, 9.17) is 0 Å². The normalized spacial score (nSPS) is 19.9. The highest BCUT2D eigenvalue weighted by Crippen LogP contribution is 2.33. The van der Waals surface area contributed by atoms with E-state index < -0.39 is 47.7 Å². The van der Waals surface area contributed by atoms with Gasteiger partial charge in [-0.2, -0.15) is 0 Å². The Balaban J connectivity index is 1.25. The zero-order valence-corrected chi connectivity index (χ0v) is 21.4. The SMILES string of the molecule is CN(C(=O)c1ccccc1OC(F)(F)F)C1CCN(c2ccc3c(c2)C(=O)N(C2CCC(=O)NC2=O)C3=O)CC1. The third kappa shape index (κ3) is 5.10. The summed E-state index contributed by atoms with van der Waals surface area (Å²) >= 11 is 0. The number of alkyl halides is 3. The summed E-state index contributed by atoms with van der Waals surface area (Å²) in [4.78, 5) is 67.2. The number of fused-ring (bicyclic) bond motifs is 1. The number of imide groups is 2. The molecule has 5 amide bonds. The van der Waals surface area contributed by atoms with E-state index in [9.17, 15) is 37.1 Å². The Bertz CT molecular complexity index is 1400. The molecule has 13 heteroatoms. The Hall–Kier alpha value is -4.42. The number of rotatable bonds is 5. The molecule has 2 aromatic carbocycles. The van der Waals surface area contributed by atoms with E-state index in [-0.39, 0.29) is 35.6 Å². The smallest absolute Gasteiger partial charge is 0.405 e. The number of hydrogen-bond acceptors (Lipinski definition) is 7. The first-order valence-corrected chi connectivity index (χ1v) is 12.7. The average molecular weight is 559 g/mol. The number of para-hydroxylation sites is 1. The minimum Gasteiger partial charge on any atom is -0.405 e. The molecule has 1 unspecified atom stereocenters. The second-order valence-corrected chi connectivity index (χ2v) is 9.86. The first-order chi connectivity index (χ1) is 18.9. The number of piperidine rings is 2. The molecule has 0 spiro atoms. The number of carbonyl (C=O) groups is 5. The highest BCUT2D eigenvalue weighted by molar-refractivity contribution is 6.23. The number of nitrogens with one attached hydrogen (secondary N) is 1. The average Bonchev–Trinajstić information content (AvgIpc) is 3.16. The lowest BCUT2D eigenvalue weighted by molar-refractivity contribution is -0.274. The summed E-state index contributed by atoms with van der Waals surface area (Å²) < 4.78 is 42.4. The molecular weight excluding hydrogens is 533 g/mol. The van der Waals surface area contributed by atoms with E-state index in [0.29, 0.717) is 31.6 Å². The number of amides is 5. The number of ether oxygens (including phenoxy) is 1. The zero-order valence-electron chi connectivity index (χ0n) is 21.4. The molecule has 0 aliphatic carbocycles. The quantitative estimate of drug-likeness (QED) is 0.561. The van der Waals surface area contributed by atoms with Crippen molar-refractivity contribution in [1.29, 1.82) is 0 Å². The van der Waals surface area contributed by atoms with Gasteiger partial charge in [-0.15, -0.1) is 13.2 Å². The summed E-state index contributed by atoms with van der Waals surface area (Å²) in [5, 5.41) is 2.16. The predicted octanol–water partition coefficient (Wildman–Crippen LogP) is 2.73. The van der Waals surface area contributed by atoms with Gasteiger partial charge in [0, 0.05) is 38.3 Å². The molecule has 0 saturated carbocycles. The van der Waals surface area contributed by atoms with Gasteiger partial charge in [0.05, 0.1) is 16.7 Å². The maximum Gasteiger partial charge on any atom is 0.573 e. The molecule has 3 aliphatic heterocycles. The van der Waals surface area contributed by atoms with Gasteiger partial charge in [0.2, 0.25) is 11.8 Å².